The van der Waals surface area contributed by atoms with Crippen LogP contribution < -0.4 is 9.47 Å². The van der Waals surface area contributed by atoms with Gasteiger partial charge in [0.2, 0.25) is 0 Å². The fourth-order valence-electron chi connectivity index (χ4n) is 1.92. The van der Waals surface area contributed by atoms with Gasteiger partial charge in [-0.05, 0) is 30.2 Å². The number of hydrogen-bond acceptors (Lipinski definition) is 6. The molecule has 23 heavy (non-hydrogen) atoms. The van der Waals surface area contributed by atoms with Gasteiger partial charge in [0, 0.05) is 13.5 Å². The minimum Gasteiger partial charge on any atom is -0.493 e. The zero-order valence-corrected chi connectivity index (χ0v) is 14.5. The van der Waals surface area contributed by atoms with Gasteiger partial charge in [-0.15, -0.1) is 0 Å². The van der Waals surface area contributed by atoms with Gasteiger partial charge >= 0.3 is 0 Å². The number of likely N-dealkylation sites (N-methyl/N-ethyl adjacent to an activating group) is 1. The molecule has 1 aromatic carbocycles. The number of methoxy groups -OCH3 is 1. The van der Waals surface area contributed by atoms with Crippen LogP contribution in [0.2, 0.25) is 0 Å². The lowest BCUT2D eigenvalue weighted by Crippen LogP contribution is -2.22. The molecule has 0 N–H and O–H groups in total. The average Bonchev–Trinajstić information content (AvgIpc) is 2.79. The maximum atomic E-state index is 12.0. The van der Waals surface area contributed by atoms with Crippen molar-refractivity contribution in [2.45, 2.75) is 12.8 Å². The number of carbonyl (C=O) groups excluding carboxylic acids is 1. The molecule has 0 atom stereocenters. The minimum absolute atomic E-state index is 0.101. The summed E-state index contributed by atoms with van der Waals surface area (Å²) >= 11 is 6.39. The first-order valence-electron chi connectivity index (χ1n) is 6.96. The van der Waals surface area contributed by atoms with Crippen LogP contribution in [0.4, 0.5) is 0 Å². The summed E-state index contributed by atoms with van der Waals surface area (Å²) in [7, 11) is 3.23. The first-order chi connectivity index (χ1) is 11.1. The van der Waals surface area contributed by atoms with E-state index in [4.69, 9.17) is 27.0 Å². The highest BCUT2D eigenvalue weighted by Gasteiger charge is 2.28. The van der Waals surface area contributed by atoms with Crippen molar-refractivity contribution in [2.75, 3.05) is 20.8 Å². The van der Waals surface area contributed by atoms with Crippen molar-refractivity contribution in [1.82, 2.24) is 4.90 Å². The normalized spacial score (nSPS) is 15.9. The van der Waals surface area contributed by atoms with E-state index in [2.05, 4.69) is 6.07 Å². The van der Waals surface area contributed by atoms with E-state index in [1.54, 1.807) is 26.3 Å². The summed E-state index contributed by atoms with van der Waals surface area (Å²) in [6, 6.07) is 7.53. The number of carbonyl (C=O) groups is 1. The Morgan fingerprint density at radius 2 is 2.22 bits per heavy atom. The molecule has 0 radical (unpaired) electrons. The summed E-state index contributed by atoms with van der Waals surface area (Å²) in [4.78, 5) is 14.1. The Labute approximate surface area is 144 Å². The quantitative estimate of drug-likeness (QED) is 0.447. The molecule has 0 unspecified atom stereocenters. The minimum atomic E-state index is -0.101. The van der Waals surface area contributed by atoms with Crippen LogP contribution in [0.3, 0.4) is 0 Å². The van der Waals surface area contributed by atoms with Gasteiger partial charge in [-0.25, -0.2) is 0 Å². The van der Waals surface area contributed by atoms with Crippen LogP contribution in [-0.4, -0.2) is 35.9 Å². The van der Waals surface area contributed by atoms with E-state index in [-0.39, 0.29) is 5.91 Å². The van der Waals surface area contributed by atoms with Crippen LogP contribution in [0.25, 0.3) is 6.08 Å². The molecule has 1 heterocycles. The number of nitrogens with zero attached hydrogens (tertiary/aromatic N) is 2. The largest absolute Gasteiger partial charge is 0.493 e. The molecule has 1 aliphatic rings. The molecule has 0 saturated carbocycles. The summed E-state index contributed by atoms with van der Waals surface area (Å²) in [6.07, 6.45) is 2.91. The van der Waals surface area contributed by atoms with E-state index in [0.29, 0.717) is 40.2 Å². The first kappa shape index (κ1) is 17.3. The number of benzene rings is 1. The van der Waals surface area contributed by atoms with Gasteiger partial charge in [0.25, 0.3) is 5.91 Å². The Kier molecular flexibility index (Phi) is 6.02. The number of thiocarbonyl (C=S) groups is 1. The molecule has 1 saturated heterocycles. The van der Waals surface area contributed by atoms with Gasteiger partial charge in [-0.2, -0.15) is 5.26 Å². The molecule has 1 fully saturated rings. The zero-order chi connectivity index (χ0) is 16.8. The molecular formula is C16H16N2O3S2. The van der Waals surface area contributed by atoms with E-state index in [9.17, 15) is 4.79 Å². The van der Waals surface area contributed by atoms with Crippen LogP contribution in [0.15, 0.2) is 23.1 Å². The molecule has 0 aromatic heterocycles. The Hall–Kier alpha value is -2.04. The van der Waals surface area contributed by atoms with Crippen molar-refractivity contribution in [3.63, 3.8) is 0 Å². The predicted molar refractivity (Wildman–Crippen MR) is 94.3 cm³/mol. The van der Waals surface area contributed by atoms with Crippen LogP contribution in [0.1, 0.15) is 18.4 Å². The topological polar surface area (TPSA) is 62.6 Å². The van der Waals surface area contributed by atoms with Crippen molar-refractivity contribution < 1.29 is 14.3 Å². The lowest BCUT2D eigenvalue weighted by atomic mass is 10.2. The first-order valence-corrected chi connectivity index (χ1v) is 8.18. The second-order valence-electron chi connectivity index (χ2n) is 4.76. The maximum Gasteiger partial charge on any atom is 0.265 e. The van der Waals surface area contributed by atoms with Crippen molar-refractivity contribution in [3.8, 4) is 17.6 Å². The van der Waals surface area contributed by atoms with Gasteiger partial charge in [-0.1, -0.05) is 30.0 Å². The third kappa shape index (κ3) is 4.24. The van der Waals surface area contributed by atoms with E-state index < -0.39 is 0 Å². The van der Waals surface area contributed by atoms with Crippen LogP contribution in [0.5, 0.6) is 11.5 Å². The van der Waals surface area contributed by atoms with E-state index in [1.165, 1.54) is 16.7 Å². The number of unbranched alkanes of at least 4 members (excludes halogenated alkanes) is 1. The predicted octanol–water partition coefficient (Wildman–Crippen LogP) is 3.21. The van der Waals surface area contributed by atoms with Crippen LogP contribution >= 0.6 is 24.0 Å². The molecule has 120 valence electrons. The van der Waals surface area contributed by atoms with Crippen molar-refractivity contribution >= 4 is 40.3 Å². The van der Waals surface area contributed by atoms with Gasteiger partial charge in [0.15, 0.2) is 11.5 Å². The summed E-state index contributed by atoms with van der Waals surface area (Å²) in [5.74, 6) is 1.10. The smallest absolute Gasteiger partial charge is 0.265 e. The van der Waals surface area contributed by atoms with Crippen molar-refractivity contribution in [2.24, 2.45) is 0 Å². The maximum absolute atomic E-state index is 12.0. The van der Waals surface area contributed by atoms with Gasteiger partial charge < -0.3 is 9.47 Å². The molecule has 7 heteroatoms. The molecule has 1 aliphatic heterocycles. The number of nitriles is 1. The van der Waals surface area contributed by atoms with Gasteiger partial charge in [0.1, 0.15) is 4.32 Å². The van der Waals surface area contributed by atoms with Crippen LogP contribution in [-0.2, 0) is 4.79 Å². The molecule has 1 aromatic rings. The van der Waals surface area contributed by atoms with E-state index in [0.717, 1.165) is 5.56 Å². The molecule has 0 spiro atoms. The molecule has 1 amide bonds. The summed E-state index contributed by atoms with van der Waals surface area (Å²) in [6.45, 7) is 0.456. The fraction of sp³-hybridized carbons (Fsp3) is 0.312. The monoisotopic (exact) mass is 348 g/mol. The Morgan fingerprint density at radius 3 is 2.83 bits per heavy atom. The second-order valence-corrected chi connectivity index (χ2v) is 6.44. The lowest BCUT2D eigenvalue weighted by Gasteiger charge is -2.11. The fourth-order valence-corrected chi connectivity index (χ4v) is 3.10. The average molecular weight is 348 g/mol. The van der Waals surface area contributed by atoms with E-state index in [1.807, 2.05) is 12.1 Å². The Balaban J connectivity index is 2.14. The molecule has 0 aliphatic carbocycles. The highest BCUT2D eigenvalue weighted by molar-refractivity contribution is 8.26. The number of amides is 1. The highest BCUT2D eigenvalue weighted by Crippen LogP contribution is 2.34. The third-order valence-corrected chi connectivity index (χ3v) is 4.65. The van der Waals surface area contributed by atoms with E-state index >= 15 is 0 Å². The number of hydrogen-bond donors (Lipinski definition) is 0. The van der Waals surface area contributed by atoms with Gasteiger partial charge in [0.05, 0.1) is 24.7 Å². The van der Waals surface area contributed by atoms with Crippen molar-refractivity contribution in [1.29, 1.82) is 5.26 Å². The summed E-state index contributed by atoms with van der Waals surface area (Å²) < 4.78 is 11.5. The molecule has 5 nitrogen and oxygen atoms in total. The molecular weight excluding hydrogens is 332 g/mol. The molecule has 2 rings (SSSR count). The van der Waals surface area contributed by atoms with Crippen molar-refractivity contribution in [3.05, 3.63) is 28.7 Å². The SMILES string of the molecule is COc1cc(/C=C2/SC(=S)N(C)C2=O)ccc1OCCCC#N. The number of thioether (sulfide) groups is 1. The number of ether oxygens (including phenoxy) is 2. The summed E-state index contributed by atoms with van der Waals surface area (Å²) in [5, 5.41) is 8.52. The zero-order valence-electron chi connectivity index (χ0n) is 12.9. The van der Waals surface area contributed by atoms with Crippen LogP contribution in [0, 0.1) is 11.3 Å². The highest BCUT2D eigenvalue weighted by atomic mass is 32.2. The Bertz CT molecular complexity index is 695. The second kappa shape index (κ2) is 7.99. The standard InChI is InChI=1S/C16H16N2O3S2/c1-18-15(19)14(23-16(18)22)10-11-5-6-12(13(9-11)20-2)21-8-4-3-7-17/h5-6,9-10H,3-4,8H2,1-2H3/b14-10+. The summed E-state index contributed by atoms with van der Waals surface area (Å²) in [5.41, 5.74) is 0.833. The van der Waals surface area contributed by atoms with Gasteiger partial charge in [-0.3, -0.25) is 9.69 Å². The molecule has 0 bridgehead atoms. The number of rotatable bonds is 6. The Morgan fingerprint density at radius 1 is 1.43 bits per heavy atom. The third-order valence-electron chi connectivity index (χ3n) is 3.16. The lowest BCUT2D eigenvalue weighted by molar-refractivity contribution is -0.121.